The van der Waals surface area contributed by atoms with E-state index >= 15 is 0 Å². The SMILES string of the molecule is CC1CCN(C(=O)c2ccnc(N3CCN(C(=O)c4ccco4)CC3)c2)CC1. The van der Waals surface area contributed by atoms with Crippen molar-refractivity contribution in [2.24, 2.45) is 5.92 Å². The van der Waals surface area contributed by atoms with Crippen molar-refractivity contribution < 1.29 is 14.0 Å². The highest BCUT2D eigenvalue weighted by Crippen LogP contribution is 2.21. The predicted molar refractivity (Wildman–Crippen MR) is 105 cm³/mol. The molecule has 0 atom stereocenters. The Kier molecular flexibility index (Phi) is 5.32. The molecule has 0 saturated carbocycles. The van der Waals surface area contributed by atoms with Crippen LogP contribution in [0.5, 0.6) is 0 Å². The molecule has 2 aromatic rings. The summed E-state index contributed by atoms with van der Waals surface area (Å²) in [6.45, 7) is 6.45. The summed E-state index contributed by atoms with van der Waals surface area (Å²) < 4.78 is 5.21. The third kappa shape index (κ3) is 3.88. The van der Waals surface area contributed by atoms with Gasteiger partial charge in [-0.05, 0) is 43.0 Å². The van der Waals surface area contributed by atoms with Gasteiger partial charge in [0, 0.05) is 51.0 Å². The summed E-state index contributed by atoms with van der Waals surface area (Å²) in [5.41, 5.74) is 0.689. The van der Waals surface area contributed by atoms with Crippen LogP contribution in [-0.4, -0.2) is 65.9 Å². The van der Waals surface area contributed by atoms with Crippen LogP contribution in [0, 0.1) is 5.92 Å². The monoisotopic (exact) mass is 382 g/mol. The Balaban J connectivity index is 1.38. The van der Waals surface area contributed by atoms with E-state index in [1.807, 2.05) is 11.0 Å². The number of nitrogens with zero attached hydrogens (tertiary/aromatic N) is 4. The smallest absolute Gasteiger partial charge is 0.289 e. The van der Waals surface area contributed by atoms with E-state index in [1.54, 1.807) is 29.3 Å². The molecular formula is C21H26N4O3. The number of carbonyl (C=O) groups is 2. The van der Waals surface area contributed by atoms with Gasteiger partial charge in [0.1, 0.15) is 5.82 Å². The van der Waals surface area contributed by atoms with Crippen LogP contribution in [0.2, 0.25) is 0 Å². The lowest BCUT2D eigenvalue weighted by atomic mass is 9.99. The van der Waals surface area contributed by atoms with Gasteiger partial charge in [0.15, 0.2) is 5.76 Å². The zero-order valence-electron chi connectivity index (χ0n) is 16.2. The van der Waals surface area contributed by atoms with E-state index < -0.39 is 0 Å². The van der Waals surface area contributed by atoms with E-state index in [1.165, 1.54) is 6.26 Å². The number of hydrogen-bond donors (Lipinski definition) is 0. The van der Waals surface area contributed by atoms with Crippen LogP contribution in [0.25, 0.3) is 0 Å². The number of amides is 2. The zero-order valence-corrected chi connectivity index (χ0v) is 16.2. The molecule has 0 N–H and O–H groups in total. The number of anilines is 1. The van der Waals surface area contributed by atoms with Gasteiger partial charge < -0.3 is 19.1 Å². The van der Waals surface area contributed by atoms with E-state index in [9.17, 15) is 9.59 Å². The van der Waals surface area contributed by atoms with Crippen LogP contribution in [0.3, 0.4) is 0 Å². The lowest BCUT2D eigenvalue weighted by Gasteiger charge is -2.35. The molecule has 2 amide bonds. The highest BCUT2D eigenvalue weighted by molar-refractivity contribution is 5.95. The number of aromatic nitrogens is 1. The summed E-state index contributed by atoms with van der Waals surface area (Å²) in [5.74, 6) is 1.86. The molecule has 0 unspecified atom stereocenters. The first kappa shape index (κ1) is 18.5. The van der Waals surface area contributed by atoms with E-state index in [2.05, 4.69) is 16.8 Å². The summed E-state index contributed by atoms with van der Waals surface area (Å²) in [5, 5.41) is 0. The number of piperazine rings is 1. The number of piperidine rings is 1. The maximum Gasteiger partial charge on any atom is 0.289 e. The molecule has 2 aliphatic heterocycles. The van der Waals surface area contributed by atoms with Crippen molar-refractivity contribution in [1.82, 2.24) is 14.8 Å². The van der Waals surface area contributed by atoms with Crippen molar-refractivity contribution in [3.05, 3.63) is 48.0 Å². The fourth-order valence-corrected chi connectivity index (χ4v) is 3.81. The molecule has 7 heteroatoms. The summed E-state index contributed by atoms with van der Waals surface area (Å²) >= 11 is 0. The van der Waals surface area contributed by atoms with Gasteiger partial charge in [0.2, 0.25) is 0 Å². The van der Waals surface area contributed by atoms with Gasteiger partial charge >= 0.3 is 0 Å². The first-order valence-corrected chi connectivity index (χ1v) is 9.95. The summed E-state index contributed by atoms with van der Waals surface area (Å²) in [4.78, 5) is 35.5. The van der Waals surface area contributed by atoms with Gasteiger partial charge in [-0.25, -0.2) is 4.98 Å². The molecule has 28 heavy (non-hydrogen) atoms. The molecule has 2 fully saturated rings. The second-order valence-corrected chi connectivity index (χ2v) is 7.63. The van der Waals surface area contributed by atoms with Gasteiger partial charge in [-0.1, -0.05) is 6.92 Å². The number of carbonyl (C=O) groups excluding carboxylic acids is 2. The maximum absolute atomic E-state index is 12.8. The Morgan fingerprint density at radius 3 is 2.39 bits per heavy atom. The predicted octanol–water partition coefficient (Wildman–Crippen LogP) is 2.51. The number of hydrogen-bond acceptors (Lipinski definition) is 5. The highest BCUT2D eigenvalue weighted by Gasteiger charge is 2.26. The highest BCUT2D eigenvalue weighted by atomic mass is 16.3. The Morgan fingerprint density at radius 1 is 1.00 bits per heavy atom. The van der Waals surface area contributed by atoms with Crippen molar-refractivity contribution in [3.63, 3.8) is 0 Å². The average Bonchev–Trinajstić information content (AvgIpc) is 3.28. The van der Waals surface area contributed by atoms with Crippen molar-refractivity contribution >= 4 is 17.6 Å². The van der Waals surface area contributed by atoms with Gasteiger partial charge in [0.05, 0.1) is 6.26 Å². The lowest BCUT2D eigenvalue weighted by Crippen LogP contribution is -2.49. The minimum Gasteiger partial charge on any atom is -0.459 e. The minimum atomic E-state index is -0.0825. The van der Waals surface area contributed by atoms with E-state index in [-0.39, 0.29) is 11.8 Å². The number of furan rings is 1. The molecule has 2 aliphatic rings. The van der Waals surface area contributed by atoms with Gasteiger partial charge in [-0.3, -0.25) is 9.59 Å². The van der Waals surface area contributed by atoms with E-state index in [0.29, 0.717) is 43.4 Å². The minimum absolute atomic E-state index is 0.0825. The van der Waals surface area contributed by atoms with Crippen LogP contribution < -0.4 is 4.90 Å². The molecule has 2 aromatic heterocycles. The van der Waals surface area contributed by atoms with Gasteiger partial charge in [-0.15, -0.1) is 0 Å². The Morgan fingerprint density at radius 2 is 1.71 bits per heavy atom. The molecule has 4 rings (SSSR count). The Bertz CT molecular complexity index is 820. The molecular weight excluding hydrogens is 356 g/mol. The average molecular weight is 382 g/mol. The Hall–Kier alpha value is -2.83. The molecule has 0 bridgehead atoms. The maximum atomic E-state index is 12.8. The summed E-state index contributed by atoms with van der Waals surface area (Å²) in [7, 11) is 0. The van der Waals surface area contributed by atoms with Crippen LogP contribution in [0.15, 0.2) is 41.1 Å². The standard InChI is InChI=1S/C21H26N4O3/c1-16-5-8-24(9-6-16)20(26)17-4-7-22-19(15-17)23-10-12-25(13-11-23)21(27)18-3-2-14-28-18/h2-4,7,14-16H,5-6,8-13H2,1H3. The molecule has 7 nitrogen and oxygen atoms in total. The van der Waals surface area contributed by atoms with E-state index in [4.69, 9.17) is 4.42 Å². The van der Waals surface area contributed by atoms with Crippen molar-refractivity contribution in [2.45, 2.75) is 19.8 Å². The largest absolute Gasteiger partial charge is 0.459 e. The first-order valence-electron chi connectivity index (χ1n) is 9.95. The van der Waals surface area contributed by atoms with E-state index in [0.717, 1.165) is 31.7 Å². The third-order valence-corrected chi connectivity index (χ3v) is 5.69. The fraction of sp³-hybridized carbons (Fsp3) is 0.476. The van der Waals surface area contributed by atoms with Gasteiger partial charge in [-0.2, -0.15) is 0 Å². The quantitative estimate of drug-likeness (QED) is 0.816. The third-order valence-electron chi connectivity index (χ3n) is 5.69. The second-order valence-electron chi connectivity index (χ2n) is 7.63. The summed E-state index contributed by atoms with van der Waals surface area (Å²) in [6, 6.07) is 7.08. The van der Waals surface area contributed by atoms with Crippen molar-refractivity contribution in [3.8, 4) is 0 Å². The van der Waals surface area contributed by atoms with Crippen molar-refractivity contribution in [2.75, 3.05) is 44.2 Å². The molecule has 0 aliphatic carbocycles. The number of rotatable bonds is 3. The molecule has 148 valence electrons. The molecule has 4 heterocycles. The second kappa shape index (κ2) is 8.04. The fourth-order valence-electron chi connectivity index (χ4n) is 3.81. The molecule has 0 aromatic carbocycles. The van der Waals surface area contributed by atoms with Crippen LogP contribution in [-0.2, 0) is 0 Å². The molecule has 0 radical (unpaired) electrons. The molecule has 2 saturated heterocycles. The van der Waals surface area contributed by atoms with Crippen LogP contribution in [0.1, 0.15) is 40.7 Å². The number of pyridine rings is 1. The topological polar surface area (TPSA) is 69.9 Å². The normalized spacial score (nSPS) is 18.4. The lowest BCUT2D eigenvalue weighted by molar-refractivity contribution is 0.0695. The van der Waals surface area contributed by atoms with Crippen LogP contribution >= 0.6 is 0 Å². The number of likely N-dealkylation sites (tertiary alicyclic amines) is 1. The Labute approximate surface area is 164 Å². The first-order chi connectivity index (χ1) is 13.6. The van der Waals surface area contributed by atoms with Crippen LogP contribution in [0.4, 0.5) is 5.82 Å². The van der Waals surface area contributed by atoms with Crippen molar-refractivity contribution in [1.29, 1.82) is 0 Å². The molecule has 0 spiro atoms. The van der Waals surface area contributed by atoms with Gasteiger partial charge in [0.25, 0.3) is 11.8 Å². The zero-order chi connectivity index (χ0) is 19.5. The summed E-state index contributed by atoms with van der Waals surface area (Å²) in [6.07, 6.45) is 5.35.